The predicted molar refractivity (Wildman–Crippen MR) is 60.6 cm³/mol. The van der Waals surface area contributed by atoms with Crippen LogP contribution in [-0.2, 0) is 0 Å². The first kappa shape index (κ1) is 13.1. The number of rotatable bonds is 2. The van der Waals surface area contributed by atoms with Gasteiger partial charge in [-0.3, -0.25) is 0 Å². The van der Waals surface area contributed by atoms with Gasteiger partial charge in [-0.05, 0) is 6.42 Å². The molecule has 1 N–H and O–H groups in total. The van der Waals surface area contributed by atoms with Crippen molar-refractivity contribution in [2.24, 2.45) is 0 Å². The molecule has 100 valence electrons. The van der Waals surface area contributed by atoms with Crippen molar-refractivity contribution >= 4 is 5.69 Å². The van der Waals surface area contributed by atoms with Crippen LogP contribution in [0.1, 0.15) is 13.3 Å². The zero-order chi connectivity index (χ0) is 13.3. The first-order valence-electron chi connectivity index (χ1n) is 5.86. The van der Waals surface area contributed by atoms with E-state index < -0.39 is 29.0 Å². The molecule has 1 saturated heterocycles. The molecule has 1 unspecified atom stereocenters. The van der Waals surface area contributed by atoms with Crippen molar-refractivity contribution < 1.29 is 17.6 Å². The average molecular weight is 262 g/mol. The Morgan fingerprint density at radius 2 is 1.83 bits per heavy atom. The van der Waals surface area contributed by atoms with Crippen LogP contribution >= 0.6 is 0 Å². The highest BCUT2D eigenvalue weighted by Gasteiger charge is 2.27. The van der Waals surface area contributed by atoms with Crippen LogP contribution in [-0.4, -0.2) is 25.7 Å². The second-order valence-corrected chi connectivity index (χ2v) is 4.32. The molecule has 1 fully saturated rings. The fourth-order valence-electron chi connectivity index (χ4n) is 2.14. The SMILES string of the molecule is CCC1CN(c2c(F)c(F)cc(F)c2F)CCN1. The van der Waals surface area contributed by atoms with Crippen LogP contribution in [0.2, 0.25) is 0 Å². The van der Waals surface area contributed by atoms with E-state index in [1.807, 2.05) is 6.92 Å². The molecule has 1 aromatic carbocycles. The Morgan fingerprint density at radius 1 is 1.22 bits per heavy atom. The van der Waals surface area contributed by atoms with Gasteiger partial charge in [0.2, 0.25) is 0 Å². The minimum absolute atomic E-state index is 0.0591. The van der Waals surface area contributed by atoms with Gasteiger partial charge in [0.25, 0.3) is 0 Å². The standard InChI is InChI=1S/C12H14F4N2/c1-2-7-6-18(4-3-17-7)12-10(15)8(13)5-9(14)11(12)16/h5,7,17H,2-4,6H2,1H3. The largest absolute Gasteiger partial charge is 0.364 e. The second kappa shape index (κ2) is 5.14. The Hall–Kier alpha value is -1.30. The van der Waals surface area contributed by atoms with E-state index in [4.69, 9.17) is 0 Å². The van der Waals surface area contributed by atoms with Gasteiger partial charge in [0.1, 0.15) is 5.69 Å². The molecule has 0 amide bonds. The minimum Gasteiger partial charge on any atom is -0.364 e. The zero-order valence-electron chi connectivity index (χ0n) is 9.94. The molecule has 1 atom stereocenters. The summed E-state index contributed by atoms with van der Waals surface area (Å²) >= 11 is 0. The summed E-state index contributed by atoms with van der Waals surface area (Å²) < 4.78 is 53.5. The fraction of sp³-hybridized carbons (Fsp3) is 0.500. The quantitative estimate of drug-likeness (QED) is 0.650. The summed E-state index contributed by atoms with van der Waals surface area (Å²) in [5, 5.41) is 3.16. The van der Waals surface area contributed by atoms with Gasteiger partial charge >= 0.3 is 0 Å². The molecule has 0 aromatic heterocycles. The normalized spacial score (nSPS) is 20.3. The smallest absolute Gasteiger partial charge is 0.185 e. The first-order chi connectivity index (χ1) is 8.54. The van der Waals surface area contributed by atoms with Gasteiger partial charge in [-0.25, -0.2) is 17.6 Å². The van der Waals surface area contributed by atoms with E-state index in [9.17, 15) is 17.6 Å². The maximum atomic E-state index is 13.6. The molecule has 1 heterocycles. The topological polar surface area (TPSA) is 15.3 Å². The van der Waals surface area contributed by atoms with Crippen molar-refractivity contribution in [1.82, 2.24) is 5.32 Å². The van der Waals surface area contributed by atoms with Gasteiger partial charge in [-0.15, -0.1) is 0 Å². The van der Waals surface area contributed by atoms with E-state index >= 15 is 0 Å². The Morgan fingerprint density at radius 3 is 2.39 bits per heavy atom. The number of benzene rings is 1. The summed E-state index contributed by atoms with van der Waals surface area (Å²) in [6, 6.07) is 0.289. The lowest BCUT2D eigenvalue weighted by Gasteiger charge is -2.35. The van der Waals surface area contributed by atoms with Gasteiger partial charge in [0.05, 0.1) is 0 Å². The highest BCUT2D eigenvalue weighted by atomic mass is 19.2. The van der Waals surface area contributed by atoms with E-state index in [0.717, 1.165) is 6.42 Å². The molecule has 0 bridgehead atoms. The molecule has 6 heteroatoms. The van der Waals surface area contributed by atoms with Crippen LogP contribution in [0.15, 0.2) is 6.07 Å². The van der Waals surface area contributed by atoms with Gasteiger partial charge in [0.15, 0.2) is 23.3 Å². The second-order valence-electron chi connectivity index (χ2n) is 4.32. The van der Waals surface area contributed by atoms with E-state index in [1.54, 1.807) is 0 Å². The third-order valence-corrected chi connectivity index (χ3v) is 3.15. The molecular formula is C12H14F4N2. The molecule has 1 aromatic rings. The van der Waals surface area contributed by atoms with Crippen molar-refractivity contribution in [2.45, 2.75) is 19.4 Å². The Kier molecular flexibility index (Phi) is 3.75. The molecule has 0 radical (unpaired) electrons. The van der Waals surface area contributed by atoms with Crippen LogP contribution in [0.3, 0.4) is 0 Å². The molecule has 1 aliphatic heterocycles. The Labute approximate surface area is 103 Å². The molecule has 18 heavy (non-hydrogen) atoms. The number of hydrogen-bond acceptors (Lipinski definition) is 2. The van der Waals surface area contributed by atoms with Crippen molar-refractivity contribution in [3.63, 3.8) is 0 Å². The summed E-state index contributed by atoms with van der Waals surface area (Å²) in [6.07, 6.45) is 0.775. The van der Waals surface area contributed by atoms with Gasteiger partial charge < -0.3 is 10.2 Å². The highest BCUT2D eigenvalue weighted by molar-refractivity contribution is 5.50. The van der Waals surface area contributed by atoms with E-state index in [1.165, 1.54) is 4.90 Å². The summed E-state index contributed by atoms with van der Waals surface area (Å²) in [4.78, 5) is 1.35. The van der Waals surface area contributed by atoms with Crippen molar-refractivity contribution in [3.8, 4) is 0 Å². The minimum atomic E-state index is -1.37. The van der Waals surface area contributed by atoms with Crippen LogP contribution in [0, 0.1) is 23.3 Å². The van der Waals surface area contributed by atoms with Gasteiger partial charge in [-0.2, -0.15) is 0 Å². The molecular weight excluding hydrogens is 248 g/mol. The summed E-state index contributed by atoms with van der Waals surface area (Å²) in [5.74, 6) is -5.39. The van der Waals surface area contributed by atoms with Crippen LogP contribution in [0.5, 0.6) is 0 Å². The van der Waals surface area contributed by atoms with Crippen molar-refractivity contribution in [3.05, 3.63) is 29.3 Å². The molecule has 0 spiro atoms. The maximum absolute atomic E-state index is 13.6. The summed E-state index contributed by atoms with van der Waals surface area (Å²) in [5.41, 5.74) is -0.604. The number of hydrogen-bond donors (Lipinski definition) is 1. The summed E-state index contributed by atoms with van der Waals surface area (Å²) in [6.45, 7) is 3.09. The molecule has 1 aliphatic rings. The van der Waals surface area contributed by atoms with E-state index in [0.29, 0.717) is 19.6 Å². The lowest BCUT2D eigenvalue weighted by Crippen LogP contribution is -2.51. The number of nitrogens with zero attached hydrogens (tertiary/aromatic N) is 1. The molecule has 2 rings (SSSR count). The molecule has 0 saturated carbocycles. The van der Waals surface area contributed by atoms with Crippen molar-refractivity contribution in [1.29, 1.82) is 0 Å². The lowest BCUT2D eigenvalue weighted by molar-refractivity contribution is 0.418. The third kappa shape index (κ3) is 2.29. The highest BCUT2D eigenvalue weighted by Crippen LogP contribution is 2.28. The monoisotopic (exact) mass is 262 g/mol. The van der Waals surface area contributed by atoms with Crippen LogP contribution in [0.4, 0.5) is 23.2 Å². The number of nitrogens with one attached hydrogen (secondary N) is 1. The molecule has 0 aliphatic carbocycles. The first-order valence-corrected chi connectivity index (χ1v) is 5.86. The number of anilines is 1. The fourth-order valence-corrected chi connectivity index (χ4v) is 2.14. The predicted octanol–water partition coefficient (Wildman–Crippen LogP) is 2.43. The Balaban J connectivity index is 2.38. The molecule has 2 nitrogen and oxygen atoms in total. The van der Waals surface area contributed by atoms with E-state index in [2.05, 4.69) is 5.32 Å². The number of halogens is 4. The van der Waals surface area contributed by atoms with Gasteiger partial charge in [-0.1, -0.05) is 6.92 Å². The van der Waals surface area contributed by atoms with Crippen LogP contribution in [0.25, 0.3) is 0 Å². The van der Waals surface area contributed by atoms with Crippen LogP contribution < -0.4 is 10.2 Å². The lowest BCUT2D eigenvalue weighted by atomic mass is 10.1. The van der Waals surface area contributed by atoms with Crippen molar-refractivity contribution in [2.75, 3.05) is 24.5 Å². The van der Waals surface area contributed by atoms with Gasteiger partial charge in [0, 0.05) is 31.7 Å². The maximum Gasteiger partial charge on any atom is 0.185 e. The average Bonchev–Trinajstić information content (AvgIpc) is 2.37. The summed E-state index contributed by atoms with van der Waals surface area (Å²) in [7, 11) is 0. The third-order valence-electron chi connectivity index (χ3n) is 3.15. The zero-order valence-corrected chi connectivity index (χ0v) is 9.94. The Bertz CT molecular complexity index is 424. The number of piperazine rings is 1. The van der Waals surface area contributed by atoms with E-state index in [-0.39, 0.29) is 12.1 Å².